The fourth-order valence-corrected chi connectivity index (χ4v) is 1.29. The summed E-state index contributed by atoms with van der Waals surface area (Å²) >= 11 is 5.20. The van der Waals surface area contributed by atoms with Gasteiger partial charge in [0.05, 0.1) is 5.54 Å². The van der Waals surface area contributed by atoms with Gasteiger partial charge in [-0.15, -0.1) is 4.51 Å². The number of hydroxylamine groups is 2. The van der Waals surface area contributed by atoms with Crippen LogP contribution in [0.4, 0.5) is 0 Å². The summed E-state index contributed by atoms with van der Waals surface area (Å²) in [5.41, 5.74) is -0.228. The summed E-state index contributed by atoms with van der Waals surface area (Å²) in [5, 5.41) is 11.3. The van der Waals surface area contributed by atoms with Crippen LogP contribution < -0.4 is 5.06 Å². The normalized spacial score (nSPS) is 35.2. The molecule has 0 saturated carbocycles. The molecule has 0 radical (unpaired) electrons. The Bertz CT molecular complexity index is 167. The molecule has 0 aliphatic carbocycles. The number of rotatable bonds is 0. The van der Waals surface area contributed by atoms with Crippen LogP contribution >= 0.6 is 11.8 Å². The van der Waals surface area contributed by atoms with Crippen LogP contribution in [-0.4, -0.2) is 11.4 Å². The standard InChI is InChI=1S/C6H11ClN2O/c1-6(2)4-3-5(8-7)9(6)10/h9H,3-4H2,1-2H3/b8-5+. The highest BCUT2D eigenvalue weighted by Gasteiger charge is 2.36. The first-order chi connectivity index (χ1) is 4.58. The number of halogens is 1. The summed E-state index contributed by atoms with van der Waals surface area (Å²) in [6.07, 6.45) is 1.60. The Balaban J connectivity index is 2.77. The quantitative estimate of drug-likeness (QED) is 0.518. The molecule has 0 amide bonds. The van der Waals surface area contributed by atoms with E-state index >= 15 is 0 Å². The lowest BCUT2D eigenvalue weighted by atomic mass is 10.0. The molecule has 10 heavy (non-hydrogen) atoms. The Hall–Kier alpha value is -0.120. The third-order valence-electron chi connectivity index (χ3n) is 1.97. The second-order valence-electron chi connectivity index (χ2n) is 3.24. The highest BCUT2D eigenvalue weighted by molar-refractivity contribution is 6.18. The summed E-state index contributed by atoms with van der Waals surface area (Å²) in [6.45, 7) is 3.84. The fourth-order valence-electron chi connectivity index (χ4n) is 1.13. The third-order valence-corrected chi connectivity index (χ3v) is 2.17. The van der Waals surface area contributed by atoms with Crippen molar-refractivity contribution >= 4 is 17.6 Å². The van der Waals surface area contributed by atoms with Crippen LogP contribution in [0.5, 0.6) is 0 Å². The molecule has 0 aromatic carbocycles. The molecular formula is C6H11ClN2O. The van der Waals surface area contributed by atoms with Crippen LogP contribution in [0, 0.1) is 5.21 Å². The van der Waals surface area contributed by atoms with Crippen LogP contribution in [-0.2, 0) is 0 Å². The maximum absolute atomic E-state index is 11.2. The highest BCUT2D eigenvalue weighted by Crippen LogP contribution is 2.13. The molecule has 1 fully saturated rings. The zero-order valence-corrected chi connectivity index (χ0v) is 6.90. The molecule has 0 spiro atoms. The average molecular weight is 163 g/mol. The van der Waals surface area contributed by atoms with Crippen molar-refractivity contribution in [3.8, 4) is 0 Å². The number of quaternary nitrogens is 1. The fraction of sp³-hybridized carbons (Fsp3) is 0.833. The molecular weight excluding hydrogens is 152 g/mol. The maximum Gasteiger partial charge on any atom is 0.214 e. The van der Waals surface area contributed by atoms with Gasteiger partial charge in [-0.1, -0.05) is 0 Å². The smallest absolute Gasteiger partial charge is 0.214 e. The van der Waals surface area contributed by atoms with Gasteiger partial charge in [0.25, 0.3) is 0 Å². The van der Waals surface area contributed by atoms with Crippen molar-refractivity contribution in [2.24, 2.45) is 4.51 Å². The van der Waals surface area contributed by atoms with E-state index in [1.807, 2.05) is 13.8 Å². The van der Waals surface area contributed by atoms with Gasteiger partial charge in [0, 0.05) is 24.6 Å². The van der Waals surface area contributed by atoms with Crippen LogP contribution in [0.15, 0.2) is 4.51 Å². The molecule has 1 aliphatic heterocycles. The number of hydrogen-bond acceptors (Lipinski definition) is 2. The number of hydrogen-bond donors (Lipinski definition) is 1. The van der Waals surface area contributed by atoms with Gasteiger partial charge in [-0.25, -0.2) is 0 Å². The van der Waals surface area contributed by atoms with E-state index in [1.54, 1.807) is 0 Å². The largest absolute Gasteiger partial charge is 0.628 e. The van der Waals surface area contributed by atoms with Crippen LogP contribution in [0.3, 0.4) is 0 Å². The van der Waals surface area contributed by atoms with Crippen LogP contribution in [0.1, 0.15) is 26.7 Å². The summed E-state index contributed by atoms with van der Waals surface area (Å²) in [4.78, 5) is 0. The van der Waals surface area contributed by atoms with E-state index in [-0.39, 0.29) is 10.6 Å². The van der Waals surface area contributed by atoms with Gasteiger partial charge in [0.1, 0.15) is 0 Å². The Morgan fingerprint density at radius 2 is 2.30 bits per heavy atom. The number of nitrogens with one attached hydrogen (secondary N) is 1. The minimum atomic E-state index is -0.228. The van der Waals surface area contributed by atoms with E-state index < -0.39 is 0 Å². The summed E-state index contributed by atoms with van der Waals surface area (Å²) in [6, 6.07) is 0. The van der Waals surface area contributed by atoms with Crippen molar-refractivity contribution in [2.45, 2.75) is 32.2 Å². The molecule has 1 rings (SSSR count). The van der Waals surface area contributed by atoms with Crippen molar-refractivity contribution in [1.82, 2.24) is 0 Å². The molecule has 1 saturated heterocycles. The lowest BCUT2D eigenvalue weighted by Crippen LogP contribution is -3.14. The zero-order chi connectivity index (χ0) is 7.78. The van der Waals surface area contributed by atoms with E-state index in [0.29, 0.717) is 5.84 Å². The van der Waals surface area contributed by atoms with Crippen molar-refractivity contribution < 1.29 is 5.06 Å². The topological polar surface area (TPSA) is 39.9 Å². The van der Waals surface area contributed by atoms with Gasteiger partial charge in [0.2, 0.25) is 5.84 Å². The number of nitrogens with zero attached hydrogens (tertiary/aromatic N) is 1. The highest BCUT2D eigenvalue weighted by atomic mass is 35.5. The van der Waals surface area contributed by atoms with Gasteiger partial charge in [0.15, 0.2) is 0 Å². The Kier molecular flexibility index (Phi) is 1.99. The van der Waals surface area contributed by atoms with Crippen LogP contribution in [0.25, 0.3) is 0 Å². The first kappa shape index (κ1) is 7.98. The van der Waals surface area contributed by atoms with Crippen molar-refractivity contribution in [3.05, 3.63) is 5.21 Å². The van der Waals surface area contributed by atoms with Gasteiger partial charge >= 0.3 is 0 Å². The number of amidine groups is 1. The minimum Gasteiger partial charge on any atom is -0.628 e. The predicted molar refractivity (Wildman–Crippen MR) is 40.9 cm³/mol. The molecule has 58 valence electrons. The summed E-state index contributed by atoms with van der Waals surface area (Å²) < 4.78 is 3.40. The Labute approximate surface area is 65.4 Å². The molecule has 1 aliphatic rings. The molecule has 0 bridgehead atoms. The van der Waals surface area contributed by atoms with Gasteiger partial charge < -0.3 is 10.3 Å². The molecule has 1 heterocycles. The lowest BCUT2D eigenvalue weighted by molar-refractivity contribution is -0.799. The first-order valence-corrected chi connectivity index (χ1v) is 3.64. The lowest BCUT2D eigenvalue weighted by Gasteiger charge is -2.29. The van der Waals surface area contributed by atoms with Crippen molar-refractivity contribution in [2.75, 3.05) is 0 Å². The second kappa shape index (κ2) is 2.49. The molecule has 1 N–H and O–H groups in total. The first-order valence-electron chi connectivity index (χ1n) is 3.30. The Morgan fingerprint density at radius 1 is 1.70 bits per heavy atom. The van der Waals surface area contributed by atoms with Gasteiger partial charge in [-0.3, -0.25) is 0 Å². The van der Waals surface area contributed by atoms with Gasteiger partial charge in [-0.2, -0.15) is 0 Å². The molecule has 3 nitrogen and oxygen atoms in total. The van der Waals surface area contributed by atoms with E-state index in [4.69, 9.17) is 11.8 Å². The summed E-state index contributed by atoms with van der Waals surface area (Å²) in [5.74, 6) is 0.534. The SMILES string of the molecule is CC1(C)CC/C(=N\Cl)[NH+]1[O-]. The minimum absolute atomic E-state index is 0.0995. The van der Waals surface area contributed by atoms with Gasteiger partial charge in [-0.05, 0) is 13.8 Å². The Morgan fingerprint density at radius 3 is 2.50 bits per heavy atom. The average Bonchev–Trinajstić information content (AvgIpc) is 2.10. The zero-order valence-electron chi connectivity index (χ0n) is 6.15. The van der Waals surface area contributed by atoms with Crippen molar-refractivity contribution in [3.63, 3.8) is 0 Å². The molecule has 0 aromatic rings. The van der Waals surface area contributed by atoms with Crippen molar-refractivity contribution in [1.29, 1.82) is 0 Å². The van der Waals surface area contributed by atoms with E-state index in [9.17, 15) is 5.21 Å². The molecule has 1 unspecified atom stereocenters. The molecule has 1 atom stereocenters. The molecule has 4 heteroatoms. The molecule has 0 aromatic heterocycles. The predicted octanol–water partition coefficient (Wildman–Crippen LogP) is 0.494. The van der Waals surface area contributed by atoms with E-state index in [1.165, 1.54) is 0 Å². The van der Waals surface area contributed by atoms with E-state index in [0.717, 1.165) is 12.8 Å². The van der Waals surface area contributed by atoms with Crippen LogP contribution in [0.2, 0.25) is 0 Å². The van der Waals surface area contributed by atoms with E-state index in [2.05, 4.69) is 4.51 Å². The summed E-state index contributed by atoms with van der Waals surface area (Å²) in [7, 11) is 0. The second-order valence-corrected chi connectivity index (χ2v) is 3.41. The monoisotopic (exact) mass is 162 g/mol. The maximum atomic E-state index is 11.2. The third kappa shape index (κ3) is 1.17.